The van der Waals surface area contributed by atoms with Gasteiger partial charge in [-0.3, -0.25) is 9.59 Å². The van der Waals surface area contributed by atoms with Crippen LogP contribution in [0.3, 0.4) is 0 Å². The molecule has 1 heterocycles. The Labute approximate surface area is 124 Å². The van der Waals surface area contributed by atoms with Crippen LogP contribution in [0.4, 0.5) is 4.39 Å². The molecule has 1 aliphatic heterocycles. The molecule has 1 fully saturated rings. The van der Waals surface area contributed by atoms with E-state index in [1.807, 2.05) is 4.90 Å². The number of piperidine rings is 1. The first kappa shape index (κ1) is 15.5. The van der Waals surface area contributed by atoms with Gasteiger partial charge in [0.1, 0.15) is 5.82 Å². The van der Waals surface area contributed by atoms with E-state index in [1.54, 1.807) is 0 Å². The number of nitrogens with zero attached hydrogens (tertiary/aromatic N) is 1. The molecule has 1 saturated heterocycles. The van der Waals surface area contributed by atoms with Crippen molar-refractivity contribution in [3.63, 3.8) is 0 Å². The van der Waals surface area contributed by atoms with Crippen LogP contribution in [0.15, 0.2) is 24.3 Å². The zero-order chi connectivity index (χ0) is 15.2. The van der Waals surface area contributed by atoms with Gasteiger partial charge in [-0.1, -0.05) is 6.92 Å². The van der Waals surface area contributed by atoms with Gasteiger partial charge in [0.25, 0.3) is 5.91 Å². The molecule has 1 aliphatic rings. The SMILES string of the molecule is CCC1CCCCN1C(=O)CNC(=O)c1ccc(F)cc1. The third-order valence-corrected chi connectivity index (χ3v) is 3.93. The van der Waals surface area contributed by atoms with Crippen molar-refractivity contribution in [1.29, 1.82) is 0 Å². The maximum absolute atomic E-state index is 12.8. The van der Waals surface area contributed by atoms with Crippen LogP contribution in [0, 0.1) is 5.82 Å². The van der Waals surface area contributed by atoms with Crippen LogP contribution in [0.1, 0.15) is 43.0 Å². The van der Waals surface area contributed by atoms with Gasteiger partial charge in [-0.25, -0.2) is 4.39 Å². The summed E-state index contributed by atoms with van der Waals surface area (Å²) in [5.74, 6) is -0.785. The van der Waals surface area contributed by atoms with E-state index in [1.165, 1.54) is 24.3 Å². The molecule has 1 atom stereocenters. The average Bonchev–Trinajstić information content (AvgIpc) is 2.52. The van der Waals surface area contributed by atoms with E-state index in [4.69, 9.17) is 0 Å². The van der Waals surface area contributed by atoms with Crippen molar-refractivity contribution in [2.24, 2.45) is 0 Å². The minimum absolute atomic E-state index is 0.00723. The molecule has 21 heavy (non-hydrogen) atoms. The number of hydrogen-bond donors (Lipinski definition) is 1. The molecule has 0 radical (unpaired) electrons. The number of halogens is 1. The van der Waals surface area contributed by atoms with E-state index in [9.17, 15) is 14.0 Å². The maximum Gasteiger partial charge on any atom is 0.251 e. The van der Waals surface area contributed by atoms with Gasteiger partial charge in [0.15, 0.2) is 0 Å². The molecule has 2 amide bonds. The number of rotatable bonds is 4. The largest absolute Gasteiger partial charge is 0.343 e. The average molecular weight is 292 g/mol. The summed E-state index contributed by atoms with van der Waals surface area (Å²) >= 11 is 0. The van der Waals surface area contributed by atoms with Crippen LogP contribution in [0.25, 0.3) is 0 Å². The number of benzene rings is 1. The molecule has 2 rings (SSSR count). The molecule has 0 aromatic heterocycles. The summed E-state index contributed by atoms with van der Waals surface area (Å²) in [5, 5.41) is 2.61. The summed E-state index contributed by atoms with van der Waals surface area (Å²) in [6.45, 7) is 2.84. The Morgan fingerprint density at radius 2 is 2.00 bits per heavy atom. The Morgan fingerprint density at radius 1 is 1.29 bits per heavy atom. The molecule has 1 aromatic rings. The van der Waals surface area contributed by atoms with Crippen molar-refractivity contribution in [1.82, 2.24) is 10.2 Å². The predicted molar refractivity (Wildman–Crippen MR) is 78.4 cm³/mol. The van der Waals surface area contributed by atoms with Crippen molar-refractivity contribution >= 4 is 11.8 Å². The molecule has 0 spiro atoms. The zero-order valence-electron chi connectivity index (χ0n) is 12.3. The topological polar surface area (TPSA) is 49.4 Å². The Balaban J connectivity index is 1.88. The Kier molecular flexibility index (Phi) is 5.31. The summed E-state index contributed by atoms with van der Waals surface area (Å²) < 4.78 is 12.8. The fraction of sp³-hybridized carbons (Fsp3) is 0.500. The van der Waals surface area contributed by atoms with Crippen LogP contribution in [0.2, 0.25) is 0 Å². The van der Waals surface area contributed by atoms with Crippen LogP contribution in [-0.4, -0.2) is 35.8 Å². The lowest BCUT2D eigenvalue weighted by atomic mass is 10.00. The van der Waals surface area contributed by atoms with Crippen LogP contribution >= 0.6 is 0 Å². The Morgan fingerprint density at radius 3 is 2.67 bits per heavy atom. The van der Waals surface area contributed by atoms with Crippen molar-refractivity contribution < 1.29 is 14.0 Å². The van der Waals surface area contributed by atoms with Crippen molar-refractivity contribution in [3.8, 4) is 0 Å². The fourth-order valence-corrected chi connectivity index (χ4v) is 2.71. The lowest BCUT2D eigenvalue weighted by Gasteiger charge is -2.35. The molecule has 0 aliphatic carbocycles. The lowest BCUT2D eigenvalue weighted by molar-refractivity contribution is -0.133. The number of nitrogens with one attached hydrogen (secondary N) is 1. The first-order chi connectivity index (χ1) is 10.1. The maximum atomic E-state index is 12.8. The normalized spacial score (nSPS) is 18.4. The van der Waals surface area contributed by atoms with E-state index >= 15 is 0 Å². The van der Waals surface area contributed by atoms with Gasteiger partial charge in [0, 0.05) is 18.2 Å². The molecule has 1 aromatic carbocycles. The highest BCUT2D eigenvalue weighted by molar-refractivity contribution is 5.96. The second kappa shape index (κ2) is 7.20. The summed E-state index contributed by atoms with van der Waals surface area (Å²) in [4.78, 5) is 26.0. The van der Waals surface area contributed by atoms with Gasteiger partial charge in [-0.05, 0) is 49.9 Å². The van der Waals surface area contributed by atoms with Gasteiger partial charge in [-0.2, -0.15) is 0 Å². The molecule has 0 bridgehead atoms. The van der Waals surface area contributed by atoms with Gasteiger partial charge in [0.2, 0.25) is 5.91 Å². The molecule has 1 unspecified atom stereocenters. The van der Waals surface area contributed by atoms with E-state index in [-0.39, 0.29) is 30.2 Å². The Hall–Kier alpha value is -1.91. The van der Waals surface area contributed by atoms with E-state index in [2.05, 4.69) is 12.2 Å². The molecular weight excluding hydrogens is 271 g/mol. The highest BCUT2D eigenvalue weighted by Gasteiger charge is 2.25. The molecular formula is C16H21FN2O2. The van der Waals surface area contributed by atoms with Gasteiger partial charge in [-0.15, -0.1) is 0 Å². The number of hydrogen-bond acceptors (Lipinski definition) is 2. The van der Waals surface area contributed by atoms with Gasteiger partial charge in [0.05, 0.1) is 6.54 Å². The minimum Gasteiger partial charge on any atom is -0.343 e. The second-order valence-corrected chi connectivity index (χ2v) is 5.33. The van der Waals surface area contributed by atoms with Crippen LogP contribution in [-0.2, 0) is 4.79 Å². The highest BCUT2D eigenvalue weighted by Crippen LogP contribution is 2.19. The third-order valence-electron chi connectivity index (χ3n) is 3.93. The lowest BCUT2D eigenvalue weighted by Crippen LogP contribution is -2.47. The molecule has 5 heteroatoms. The van der Waals surface area contributed by atoms with Crippen molar-refractivity contribution in [2.75, 3.05) is 13.1 Å². The third kappa shape index (κ3) is 4.03. The smallest absolute Gasteiger partial charge is 0.251 e. The summed E-state index contributed by atoms with van der Waals surface area (Å²) in [5.41, 5.74) is 0.356. The number of carbonyl (C=O) groups is 2. The first-order valence-electron chi connectivity index (χ1n) is 7.45. The predicted octanol–water partition coefficient (Wildman–Crippen LogP) is 2.35. The van der Waals surface area contributed by atoms with E-state index in [0.29, 0.717) is 5.56 Å². The van der Waals surface area contributed by atoms with E-state index in [0.717, 1.165) is 32.2 Å². The van der Waals surface area contributed by atoms with Crippen LogP contribution in [0.5, 0.6) is 0 Å². The zero-order valence-corrected chi connectivity index (χ0v) is 12.3. The van der Waals surface area contributed by atoms with Crippen molar-refractivity contribution in [3.05, 3.63) is 35.6 Å². The fourth-order valence-electron chi connectivity index (χ4n) is 2.71. The Bertz CT molecular complexity index is 502. The summed E-state index contributed by atoms with van der Waals surface area (Å²) in [7, 11) is 0. The van der Waals surface area contributed by atoms with Gasteiger partial charge >= 0.3 is 0 Å². The second-order valence-electron chi connectivity index (χ2n) is 5.33. The molecule has 1 N–H and O–H groups in total. The summed E-state index contributed by atoms with van der Waals surface area (Å²) in [6.07, 6.45) is 4.16. The number of likely N-dealkylation sites (tertiary alicyclic amines) is 1. The van der Waals surface area contributed by atoms with Crippen LogP contribution < -0.4 is 5.32 Å². The standard InChI is InChI=1S/C16H21FN2O2/c1-2-14-5-3-4-10-19(14)15(20)11-18-16(21)12-6-8-13(17)9-7-12/h6-9,14H,2-5,10-11H2,1H3,(H,18,21). The molecule has 0 saturated carbocycles. The summed E-state index contributed by atoms with van der Waals surface area (Å²) in [6, 6.07) is 5.56. The molecule has 114 valence electrons. The van der Waals surface area contributed by atoms with Crippen molar-refractivity contribution in [2.45, 2.75) is 38.6 Å². The minimum atomic E-state index is -0.387. The quantitative estimate of drug-likeness (QED) is 0.926. The van der Waals surface area contributed by atoms with Gasteiger partial charge < -0.3 is 10.2 Å². The molecule has 4 nitrogen and oxygen atoms in total. The first-order valence-corrected chi connectivity index (χ1v) is 7.45. The highest BCUT2D eigenvalue weighted by atomic mass is 19.1. The number of carbonyl (C=O) groups excluding carboxylic acids is 2. The van der Waals surface area contributed by atoms with E-state index < -0.39 is 0 Å². The monoisotopic (exact) mass is 292 g/mol. The number of amides is 2.